The van der Waals surface area contributed by atoms with Gasteiger partial charge in [-0.3, -0.25) is 0 Å². The van der Waals surface area contributed by atoms with E-state index in [1.807, 2.05) is 0 Å². The minimum Gasteiger partial charge on any atom is -0.360 e. The Balaban J connectivity index is 2.49. The van der Waals surface area contributed by atoms with Gasteiger partial charge >= 0.3 is 0 Å². The summed E-state index contributed by atoms with van der Waals surface area (Å²) in [6, 6.07) is 8.86. The van der Waals surface area contributed by atoms with E-state index in [-0.39, 0.29) is 0 Å². The van der Waals surface area contributed by atoms with Crippen molar-refractivity contribution in [3.63, 3.8) is 0 Å². The summed E-state index contributed by atoms with van der Waals surface area (Å²) in [5.74, 6) is 0.564. The van der Waals surface area contributed by atoms with E-state index in [0.29, 0.717) is 17.1 Å². The first-order valence-corrected chi connectivity index (χ1v) is 7.11. The minimum atomic E-state index is 0.421. The van der Waals surface area contributed by atoms with E-state index in [4.69, 9.17) is 12.2 Å². The van der Waals surface area contributed by atoms with Crippen LogP contribution in [0.5, 0.6) is 0 Å². The summed E-state index contributed by atoms with van der Waals surface area (Å²) in [5, 5.41) is 7.21. The smallest absolute Gasteiger partial charge is 0.170 e. The maximum atomic E-state index is 5.29. The van der Waals surface area contributed by atoms with E-state index in [1.165, 1.54) is 12.0 Å². The Morgan fingerprint density at radius 2 is 1.78 bits per heavy atom. The quantitative estimate of drug-likeness (QED) is 0.776. The Bertz CT molecular complexity index is 371. The van der Waals surface area contributed by atoms with Crippen LogP contribution in [0.2, 0.25) is 0 Å². The van der Waals surface area contributed by atoms with E-state index in [9.17, 15) is 0 Å². The number of hydrogen-bond acceptors (Lipinski definition) is 1. The molecular weight excluding hydrogens is 240 g/mol. The first kappa shape index (κ1) is 15.0. The Hall–Kier alpha value is -1.09. The van der Waals surface area contributed by atoms with E-state index in [2.05, 4.69) is 62.6 Å². The first-order valence-electron chi connectivity index (χ1n) is 6.70. The van der Waals surface area contributed by atoms with Crippen LogP contribution in [-0.4, -0.2) is 11.2 Å². The Morgan fingerprint density at radius 1 is 1.17 bits per heavy atom. The lowest BCUT2D eigenvalue weighted by Gasteiger charge is -2.16. The zero-order valence-electron chi connectivity index (χ0n) is 11.8. The van der Waals surface area contributed by atoms with Crippen molar-refractivity contribution in [3.8, 4) is 0 Å². The molecule has 0 saturated carbocycles. The highest BCUT2D eigenvalue weighted by Crippen LogP contribution is 2.17. The van der Waals surface area contributed by atoms with Crippen LogP contribution < -0.4 is 10.6 Å². The standard InChI is InChI=1S/C15H24N2S/c1-5-6-12(4)16-15(18)17-14-9-7-13(8-10-14)11(2)3/h7-12H,5-6H2,1-4H3,(H2,16,17,18). The number of benzene rings is 1. The molecule has 1 aromatic carbocycles. The van der Waals surface area contributed by atoms with Crippen molar-refractivity contribution in [2.24, 2.45) is 0 Å². The number of anilines is 1. The van der Waals surface area contributed by atoms with Gasteiger partial charge < -0.3 is 10.6 Å². The van der Waals surface area contributed by atoms with Crippen LogP contribution in [-0.2, 0) is 0 Å². The Morgan fingerprint density at radius 3 is 2.28 bits per heavy atom. The Kier molecular flexibility index (Phi) is 6.13. The average molecular weight is 264 g/mol. The van der Waals surface area contributed by atoms with Gasteiger partial charge in [0.05, 0.1) is 0 Å². The molecule has 0 spiro atoms. The minimum absolute atomic E-state index is 0.421. The van der Waals surface area contributed by atoms with E-state index in [0.717, 1.165) is 12.1 Å². The second-order valence-electron chi connectivity index (χ2n) is 5.06. The van der Waals surface area contributed by atoms with Crippen molar-refractivity contribution in [1.82, 2.24) is 5.32 Å². The summed E-state index contributed by atoms with van der Waals surface area (Å²) in [6.45, 7) is 8.72. The maximum Gasteiger partial charge on any atom is 0.170 e. The number of nitrogens with one attached hydrogen (secondary N) is 2. The van der Waals surface area contributed by atoms with Crippen LogP contribution in [0.15, 0.2) is 24.3 Å². The predicted molar refractivity (Wildman–Crippen MR) is 84.3 cm³/mol. The molecule has 0 aromatic heterocycles. The molecule has 0 aliphatic heterocycles. The topological polar surface area (TPSA) is 24.1 Å². The van der Waals surface area contributed by atoms with E-state index >= 15 is 0 Å². The Labute approximate surface area is 116 Å². The molecule has 0 aliphatic carbocycles. The summed E-state index contributed by atoms with van der Waals surface area (Å²) in [5.41, 5.74) is 2.39. The van der Waals surface area contributed by atoms with Crippen molar-refractivity contribution in [2.45, 2.75) is 52.5 Å². The lowest BCUT2D eigenvalue weighted by molar-refractivity contribution is 0.599. The van der Waals surface area contributed by atoms with Gasteiger partial charge in [-0.2, -0.15) is 0 Å². The van der Waals surface area contributed by atoms with Crippen LogP contribution in [0, 0.1) is 0 Å². The van der Waals surface area contributed by atoms with Gasteiger partial charge in [-0.25, -0.2) is 0 Å². The zero-order chi connectivity index (χ0) is 13.5. The summed E-state index contributed by atoms with van der Waals surface area (Å²) in [4.78, 5) is 0. The molecule has 0 radical (unpaired) electrons. The molecule has 0 aliphatic rings. The summed E-state index contributed by atoms with van der Waals surface area (Å²) in [6.07, 6.45) is 2.30. The van der Waals surface area contributed by atoms with Gasteiger partial charge in [0.25, 0.3) is 0 Å². The molecule has 0 heterocycles. The number of rotatable bonds is 5. The van der Waals surface area contributed by atoms with Crippen molar-refractivity contribution < 1.29 is 0 Å². The number of thiocarbonyl (C=S) groups is 1. The molecular formula is C15H24N2S. The lowest BCUT2D eigenvalue weighted by atomic mass is 10.0. The highest BCUT2D eigenvalue weighted by atomic mass is 32.1. The third-order valence-electron chi connectivity index (χ3n) is 2.93. The number of hydrogen-bond donors (Lipinski definition) is 2. The van der Waals surface area contributed by atoms with Crippen LogP contribution in [0.3, 0.4) is 0 Å². The van der Waals surface area contributed by atoms with Crippen LogP contribution in [0.25, 0.3) is 0 Å². The summed E-state index contributed by atoms with van der Waals surface area (Å²) < 4.78 is 0. The van der Waals surface area contributed by atoms with Crippen molar-refractivity contribution in [1.29, 1.82) is 0 Å². The monoisotopic (exact) mass is 264 g/mol. The van der Waals surface area contributed by atoms with Crippen LogP contribution in [0.4, 0.5) is 5.69 Å². The molecule has 0 fully saturated rings. The average Bonchev–Trinajstić information content (AvgIpc) is 2.29. The third-order valence-corrected chi connectivity index (χ3v) is 3.15. The van der Waals surface area contributed by atoms with Gasteiger partial charge in [-0.15, -0.1) is 0 Å². The molecule has 0 bridgehead atoms. The van der Waals surface area contributed by atoms with E-state index < -0.39 is 0 Å². The third kappa shape index (κ3) is 5.05. The maximum absolute atomic E-state index is 5.29. The fourth-order valence-corrected chi connectivity index (χ4v) is 2.17. The largest absolute Gasteiger partial charge is 0.360 e. The molecule has 18 heavy (non-hydrogen) atoms. The predicted octanol–water partition coefficient (Wildman–Crippen LogP) is 4.29. The van der Waals surface area contributed by atoms with Gasteiger partial charge in [-0.05, 0) is 49.2 Å². The highest BCUT2D eigenvalue weighted by molar-refractivity contribution is 7.80. The van der Waals surface area contributed by atoms with E-state index in [1.54, 1.807) is 0 Å². The van der Waals surface area contributed by atoms with Crippen LogP contribution >= 0.6 is 12.2 Å². The molecule has 2 nitrogen and oxygen atoms in total. The van der Waals surface area contributed by atoms with Crippen LogP contribution in [0.1, 0.15) is 52.0 Å². The summed E-state index contributed by atoms with van der Waals surface area (Å²) in [7, 11) is 0. The molecule has 1 unspecified atom stereocenters. The molecule has 0 amide bonds. The van der Waals surface area contributed by atoms with Crippen molar-refractivity contribution in [2.75, 3.05) is 5.32 Å². The van der Waals surface area contributed by atoms with Gasteiger partial charge in [-0.1, -0.05) is 39.3 Å². The molecule has 0 saturated heterocycles. The fraction of sp³-hybridized carbons (Fsp3) is 0.533. The van der Waals surface area contributed by atoms with Gasteiger partial charge in [0, 0.05) is 11.7 Å². The fourth-order valence-electron chi connectivity index (χ4n) is 1.85. The zero-order valence-corrected chi connectivity index (χ0v) is 12.6. The van der Waals surface area contributed by atoms with Gasteiger partial charge in [0.1, 0.15) is 0 Å². The lowest BCUT2D eigenvalue weighted by Crippen LogP contribution is -2.35. The second-order valence-corrected chi connectivity index (χ2v) is 5.47. The molecule has 3 heteroatoms. The molecule has 1 rings (SSSR count). The molecule has 1 atom stereocenters. The molecule has 100 valence electrons. The normalized spacial score (nSPS) is 12.3. The van der Waals surface area contributed by atoms with Crippen molar-refractivity contribution >= 4 is 23.0 Å². The summed E-state index contributed by atoms with van der Waals surface area (Å²) >= 11 is 5.29. The SMILES string of the molecule is CCCC(C)NC(=S)Nc1ccc(C(C)C)cc1. The van der Waals surface area contributed by atoms with Crippen molar-refractivity contribution in [3.05, 3.63) is 29.8 Å². The second kappa shape index (κ2) is 7.37. The first-order chi connectivity index (χ1) is 8.52. The molecule has 2 N–H and O–H groups in total. The highest BCUT2D eigenvalue weighted by Gasteiger charge is 2.04. The molecule has 1 aromatic rings. The van der Waals surface area contributed by atoms with Gasteiger partial charge in [0.15, 0.2) is 5.11 Å². The van der Waals surface area contributed by atoms with Gasteiger partial charge in [0.2, 0.25) is 0 Å².